The molecular weight excluding hydrogens is 753 g/mol. The summed E-state index contributed by atoms with van der Waals surface area (Å²) in [4.78, 5) is 33.6. The Morgan fingerprint density at radius 1 is 0.569 bits per heavy atom. The van der Waals surface area contributed by atoms with Gasteiger partial charge in [0, 0.05) is 13.0 Å². The van der Waals surface area contributed by atoms with Crippen LogP contribution in [0.25, 0.3) is 0 Å². The van der Waals surface area contributed by atoms with E-state index in [1.54, 1.807) is 0 Å². The van der Waals surface area contributed by atoms with Crippen LogP contribution in [0.3, 0.4) is 0 Å². The minimum Gasteiger partial charge on any atom is -0.480 e. The van der Waals surface area contributed by atoms with Crippen molar-refractivity contribution in [3.05, 3.63) is 72.9 Å². The van der Waals surface area contributed by atoms with Crippen molar-refractivity contribution < 1.29 is 42.7 Å². The predicted molar refractivity (Wildman–Crippen MR) is 240 cm³/mol. The van der Waals surface area contributed by atoms with Crippen molar-refractivity contribution in [2.45, 2.75) is 187 Å². The molecule has 0 aromatic heterocycles. The van der Waals surface area contributed by atoms with E-state index < -0.39 is 45.1 Å². The Bertz CT molecular complexity index is 1200. The number of hydrogen-bond acceptors (Lipinski definition) is 8. The lowest BCUT2D eigenvalue weighted by molar-refractivity contribution is -0.154. The molecule has 0 aromatic carbocycles. The number of phosphoric acid groups is 1. The summed E-state index contributed by atoms with van der Waals surface area (Å²) in [6.07, 6.45) is 52.3. The van der Waals surface area contributed by atoms with E-state index in [4.69, 9.17) is 29.4 Å². The van der Waals surface area contributed by atoms with Crippen molar-refractivity contribution in [2.24, 2.45) is 5.73 Å². The number of carboxylic acids is 1. The van der Waals surface area contributed by atoms with Gasteiger partial charge in [0.15, 0.2) is 0 Å². The van der Waals surface area contributed by atoms with Gasteiger partial charge in [0.05, 0.1) is 19.8 Å². The lowest BCUT2D eigenvalue weighted by Crippen LogP contribution is -2.34. The van der Waals surface area contributed by atoms with Crippen molar-refractivity contribution in [2.75, 3.05) is 26.4 Å². The van der Waals surface area contributed by atoms with E-state index in [0.717, 1.165) is 83.5 Å². The molecule has 0 aromatic rings. The zero-order valence-electron chi connectivity index (χ0n) is 36.4. The summed E-state index contributed by atoms with van der Waals surface area (Å²) in [6.45, 7) is 3.70. The number of nitrogens with two attached hydrogens (primary N) is 1. The Balaban J connectivity index is 4.29. The van der Waals surface area contributed by atoms with Crippen LogP contribution >= 0.6 is 7.82 Å². The number of carbonyl (C=O) groups excluding carboxylic acids is 1. The smallest absolute Gasteiger partial charge is 0.472 e. The molecule has 3 atom stereocenters. The average molecular weight is 836 g/mol. The number of carbonyl (C=O) groups is 2. The van der Waals surface area contributed by atoms with E-state index in [1.807, 2.05) is 0 Å². The monoisotopic (exact) mass is 836 g/mol. The second-order valence-electron chi connectivity index (χ2n) is 14.8. The molecule has 0 heterocycles. The van der Waals surface area contributed by atoms with Crippen LogP contribution in [-0.2, 0) is 32.7 Å². The van der Waals surface area contributed by atoms with Gasteiger partial charge < -0.3 is 25.2 Å². The van der Waals surface area contributed by atoms with E-state index in [0.29, 0.717) is 13.0 Å². The van der Waals surface area contributed by atoms with Crippen molar-refractivity contribution in [1.29, 1.82) is 0 Å². The average Bonchev–Trinajstić information content (AvgIpc) is 3.20. The highest BCUT2D eigenvalue weighted by atomic mass is 31.2. The van der Waals surface area contributed by atoms with Crippen LogP contribution in [0.15, 0.2) is 72.9 Å². The Kier molecular flexibility index (Phi) is 40.6. The summed E-state index contributed by atoms with van der Waals surface area (Å²) >= 11 is 0. The Labute approximate surface area is 353 Å². The fourth-order valence-corrected chi connectivity index (χ4v) is 6.52. The molecule has 0 saturated carbocycles. The van der Waals surface area contributed by atoms with Gasteiger partial charge in [-0.15, -0.1) is 0 Å². The van der Waals surface area contributed by atoms with Crippen LogP contribution < -0.4 is 5.73 Å². The molecule has 0 rings (SSSR count). The van der Waals surface area contributed by atoms with Crippen LogP contribution in [0.1, 0.15) is 174 Å². The van der Waals surface area contributed by atoms with Crippen LogP contribution in [0, 0.1) is 0 Å². The SMILES string of the molecule is CC/C=C\C/C=C\C/C=C\C/C=C\CCCCCCC(=O)OC(COCCCCCCCCCC/C=C\C/C=C\CCCCCC)COP(=O)(O)OCC(N)C(=O)O. The summed E-state index contributed by atoms with van der Waals surface area (Å²) in [6, 6.07) is -1.48. The predicted octanol–water partition coefficient (Wildman–Crippen LogP) is 12.6. The van der Waals surface area contributed by atoms with Crippen LogP contribution in [0.5, 0.6) is 0 Å². The molecule has 0 amide bonds. The van der Waals surface area contributed by atoms with Crippen molar-refractivity contribution in [3.63, 3.8) is 0 Å². The van der Waals surface area contributed by atoms with Gasteiger partial charge in [0.1, 0.15) is 12.1 Å². The van der Waals surface area contributed by atoms with Gasteiger partial charge in [-0.05, 0) is 83.5 Å². The van der Waals surface area contributed by atoms with Gasteiger partial charge in [0.2, 0.25) is 0 Å². The first-order valence-electron chi connectivity index (χ1n) is 22.5. The first-order chi connectivity index (χ1) is 28.2. The van der Waals surface area contributed by atoms with Gasteiger partial charge in [-0.1, -0.05) is 157 Å². The molecule has 10 nitrogen and oxygen atoms in total. The number of carboxylic acid groups (broad SMARTS) is 1. The highest BCUT2D eigenvalue weighted by Crippen LogP contribution is 2.43. The molecule has 11 heteroatoms. The van der Waals surface area contributed by atoms with E-state index in [9.17, 15) is 19.0 Å². The molecule has 0 fully saturated rings. The fraction of sp³-hybridized carbons (Fsp3) is 0.702. The third kappa shape index (κ3) is 41.6. The van der Waals surface area contributed by atoms with Crippen molar-refractivity contribution in [3.8, 4) is 0 Å². The molecule has 0 aliphatic rings. The molecule has 0 spiro atoms. The van der Waals surface area contributed by atoms with Crippen LogP contribution in [-0.4, -0.2) is 60.5 Å². The first-order valence-corrected chi connectivity index (χ1v) is 24.0. The topological polar surface area (TPSA) is 155 Å². The highest BCUT2D eigenvalue weighted by Gasteiger charge is 2.27. The maximum absolute atomic E-state index is 12.6. The zero-order chi connectivity index (χ0) is 42.6. The number of phosphoric ester groups is 1. The molecule has 0 saturated heterocycles. The molecule has 0 bridgehead atoms. The van der Waals surface area contributed by atoms with E-state index in [-0.39, 0.29) is 13.0 Å². The molecule has 3 unspecified atom stereocenters. The normalized spacial score (nSPS) is 14.6. The maximum Gasteiger partial charge on any atom is 0.472 e. The van der Waals surface area contributed by atoms with Gasteiger partial charge in [0.25, 0.3) is 0 Å². The quantitative estimate of drug-likeness (QED) is 0.0234. The highest BCUT2D eigenvalue weighted by molar-refractivity contribution is 7.47. The Morgan fingerprint density at radius 2 is 1.00 bits per heavy atom. The molecule has 0 aliphatic carbocycles. The number of hydrogen-bond donors (Lipinski definition) is 3. The number of ether oxygens (including phenoxy) is 2. The third-order valence-corrected chi connectivity index (χ3v) is 10.2. The number of esters is 1. The number of allylic oxidation sites excluding steroid dienone is 12. The zero-order valence-corrected chi connectivity index (χ0v) is 37.3. The largest absolute Gasteiger partial charge is 0.480 e. The van der Waals surface area contributed by atoms with Gasteiger partial charge in [-0.2, -0.15) is 0 Å². The second-order valence-corrected chi connectivity index (χ2v) is 16.2. The Morgan fingerprint density at radius 3 is 1.50 bits per heavy atom. The second kappa shape index (κ2) is 42.5. The summed E-state index contributed by atoms with van der Waals surface area (Å²) in [5.41, 5.74) is 5.36. The van der Waals surface area contributed by atoms with Crippen LogP contribution in [0.2, 0.25) is 0 Å². The number of unbranched alkanes of at least 4 members (excludes halogenated alkanes) is 16. The maximum atomic E-state index is 12.6. The van der Waals surface area contributed by atoms with E-state index in [2.05, 4.69) is 86.8 Å². The van der Waals surface area contributed by atoms with Gasteiger partial charge >= 0.3 is 19.8 Å². The standard InChI is InChI=1S/C47H82NO9P/c1-3-5-7-9-11-13-15-17-19-21-22-24-26-28-30-32-34-36-38-40-54-41-44(42-55-58(52,53)56-43-45(48)47(50)51)57-46(49)39-37-35-33-31-29-27-25-23-20-18-16-14-12-10-8-6-4-2/h6,8,12-15,18-21,25,27,44-45H,3-5,7,9-11,16-17,22-24,26,28-43,48H2,1-2H3,(H,50,51)(H,52,53)/b8-6-,14-12-,15-13-,20-18-,21-19-,27-25-. The van der Waals surface area contributed by atoms with Gasteiger partial charge in [-0.3, -0.25) is 18.6 Å². The van der Waals surface area contributed by atoms with Crippen molar-refractivity contribution >= 4 is 19.8 Å². The Hall–Kier alpha value is -2.59. The van der Waals surface area contributed by atoms with Gasteiger partial charge in [-0.25, -0.2) is 4.57 Å². The molecule has 0 aliphatic heterocycles. The van der Waals surface area contributed by atoms with Crippen LogP contribution in [0.4, 0.5) is 0 Å². The lowest BCUT2D eigenvalue weighted by atomic mass is 10.1. The molecular formula is C47H82NO9P. The molecule has 334 valence electrons. The molecule has 58 heavy (non-hydrogen) atoms. The minimum atomic E-state index is -4.63. The summed E-state index contributed by atoms with van der Waals surface area (Å²) < 4.78 is 33.4. The summed E-state index contributed by atoms with van der Waals surface area (Å²) in [5.74, 6) is -1.81. The summed E-state index contributed by atoms with van der Waals surface area (Å²) in [7, 11) is -4.63. The van der Waals surface area contributed by atoms with E-state index >= 15 is 0 Å². The fourth-order valence-electron chi connectivity index (χ4n) is 5.74. The summed E-state index contributed by atoms with van der Waals surface area (Å²) in [5, 5.41) is 8.90. The number of rotatable bonds is 42. The third-order valence-electron chi connectivity index (χ3n) is 9.22. The number of aliphatic carboxylic acids is 1. The molecule has 0 radical (unpaired) electrons. The van der Waals surface area contributed by atoms with E-state index in [1.165, 1.54) is 64.2 Å². The first kappa shape index (κ1) is 55.4. The molecule has 4 N–H and O–H groups in total. The lowest BCUT2D eigenvalue weighted by Gasteiger charge is -2.20. The van der Waals surface area contributed by atoms with Crippen molar-refractivity contribution in [1.82, 2.24) is 0 Å². The minimum absolute atomic E-state index is 0.000963.